The summed E-state index contributed by atoms with van der Waals surface area (Å²) < 4.78 is 5.09. The minimum atomic E-state index is -0.548. The van der Waals surface area contributed by atoms with Crippen LogP contribution in [0.3, 0.4) is 0 Å². The van der Waals surface area contributed by atoms with Crippen LogP contribution in [0, 0.1) is 11.3 Å². The lowest BCUT2D eigenvalue weighted by Gasteiger charge is -2.06. The van der Waals surface area contributed by atoms with E-state index < -0.39 is 6.09 Å². The third-order valence-corrected chi connectivity index (χ3v) is 2.68. The summed E-state index contributed by atoms with van der Waals surface area (Å²) in [5, 5.41) is 10.9. The lowest BCUT2D eigenvalue weighted by Crippen LogP contribution is -2.27. The van der Waals surface area contributed by atoms with Gasteiger partial charge in [-0.25, -0.2) is 4.79 Å². The highest BCUT2D eigenvalue weighted by molar-refractivity contribution is 5.71. The molecule has 0 fully saturated rings. The maximum absolute atomic E-state index is 11.4. The Balaban J connectivity index is 1.95. The van der Waals surface area contributed by atoms with Gasteiger partial charge in [0.2, 0.25) is 0 Å². The number of nitrogens with zero attached hydrogens (tertiary/aromatic N) is 1. The van der Waals surface area contributed by atoms with Crippen molar-refractivity contribution in [1.29, 1.82) is 5.26 Å². The second-order valence-corrected chi connectivity index (χ2v) is 4.11. The molecule has 0 spiro atoms. The highest BCUT2D eigenvalue weighted by Crippen LogP contribution is 2.21. The molecule has 1 N–H and O–H groups in total. The number of hydrogen-bond acceptors (Lipinski definition) is 3. The number of hydrogen-bond donors (Lipinski definition) is 1. The van der Waals surface area contributed by atoms with Crippen LogP contribution >= 0.6 is 0 Å². The molecule has 0 atom stereocenters. The van der Waals surface area contributed by atoms with Crippen molar-refractivity contribution in [3.8, 4) is 22.9 Å². The van der Waals surface area contributed by atoms with E-state index in [-0.39, 0.29) is 13.0 Å². The van der Waals surface area contributed by atoms with Gasteiger partial charge in [-0.3, -0.25) is 0 Å². The predicted molar refractivity (Wildman–Crippen MR) is 76.1 cm³/mol. The standard InChI is InChI=1S/C16H14N2O2/c17-11-4-12-18-16(19)20-15-9-7-14(8-10-15)13-5-2-1-3-6-13/h1-3,5-10H,4,12H2,(H,18,19). The fraction of sp³-hybridized carbons (Fsp3) is 0.125. The summed E-state index contributed by atoms with van der Waals surface area (Å²) in [7, 11) is 0. The summed E-state index contributed by atoms with van der Waals surface area (Å²) >= 11 is 0. The molecule has 2 aromatic carbocycles. The van der Waals surface area contributed by atoms with Crippen LogP contribution in [-0.4, -0.2) is 12.6 Å². The van der Waals surface area contributed by atoms with Gasteiger partial charge in [-0.15, -0.1) is 0 Å². The Morgan fingerprint density at radius 1 is 1.05 bits per heavy atom. The summed E-state index contributed by atoms with van der Waals surface area (Å²) in [5.41, 5.74) is 2.17. The van der Waals surface area contributed by atoms with E-state index in [9.17, 15) is 4.79 Å². The Kier molecular flexibility index (Phi) is 4.74. The van der Waals surface area contributed by atoms with Crippen LogP contribution in [0.5, 0.6) is 5.75 Å². The average molecular weight is 266 g/mol. The first-order chi connectivity index (χ1) is 9.79. The minimum Gasteiger partial charge on any atom is -0.410 e. The average Bonchev–Trinajstić information content (AvgIpc) is 2.49. The summed E-state index contributed by atoms with van der Waals surface area (Å²) in [6.07, 6.45) is -0.282. The van der Waals surface area contributed by atoms with Crippen LogP contribution in [0.15, 0.2) is 54.6 Å². The molecule has 0 aliphatic heterocycles. The fourth-order valence-corrected chi connectivity index (χ4v) is 1.71. The first-order valence-electron chi connectivity index (χ1n) is 6.28. The summed E-state index contributed by atoms with van der Waals surface area (Å²) in [4.78, 5) is 11.4. The molecule has 2 rings (SSSR count). The maximum atomic E-state index is 11.4. The summed E-state index contributed by atoms with van der Waals surface area (Å²) in [6, 6.07) is 19.2. The fourth-order valence-electron chi connectivity index (χ4n) is 1.71. The van der Waals surface area contributed by atoms with Crippen LogP contribution in [0.25, 0.3) is 11.1 Å². The number of nitriles is 1. The van der Waals surface area contributed by atoms with Gasteiger partial charge in [0.15, 0.2) is 0 Å². The van der Waals surface area contributed by atoms with Crippen LogP contribution < -0.4 is 10.1 Å². The second-order valence-electron chi connectivity index (χ2n) is 4.11. The maximum Gasteiger partial charge on any atom is 0.412 e. The Hall–Kier alpha value is -2.80. The first kappa shape index (κ1) is 13.6. The molecule has 0 heterocycles. The van der Waals surface area contributed by atoms with Crippen LogP contribution in [0.4, 0.5) is 4.79 Å². The topological polar surface area (TPSA) is 62.1 Å². The van der Waals surface area contributed by atoms with Crippen LogP contribution in [0.2, 0.25) is 0 Å². The molecular formula is C16H14N2O2. The second kappa shape index (κ2) is 6.95. The summed E-state index contributed by atoms with van der Waals surface area (Å²) in [5.74, 6) is 0.471. The Morgan fingerprint density at radius 3 is 2.35 bits per heavy atom. The van der Waals surface area contributed by atoms with Crippen molar-refractivity contribution in [3.05, 3.63) is 54.6 Å². The van der Waals surface area contributed by atoms with Gasteiger partial charge in [0.25, 0.3) is 0 Å². The zero-order chi connectivity index (χ0) is 14.2. The first-order valence-corrected chi connectivity index (χ1v) is 6.28. The van der Waals surface area contributed by atoms with Crippen molar-refractivity contribution in [2.75, 3.05) is 6.54 Å². The van der Waals surface area contributed by atoms with E-state index in [1.807, 2.05) is 48.5 Å². The highest BCUT2D eigenvalue weighted by Gasteiger charge is 2.03. The molecule has 20 heavy (non-hydrogen) atoms. The monoisotopic (exact) mass is 266 g/mol. The van der Waals surface area contributed by atoms with Crippen molar-refractivity contribution in [2.45, 2.75) is 6.42 Å². The smallest absolute Gasteiger partial charge is 0.410 e. The normalized spacial score (nSPS) is 9.55. The lowest BCUT2D eigenvalue weighted by molar-refractivity contribution is 0.201. The number of nitrogens with one attached hydrogen (secondary N) is 1. The van der Waals surface area contributed by atoms with Gasteiger partial charge < -0.3 is 10.1 Å². The van der Waals surface area contributed by atoms with E-state index >= 15 is 0 Å². The van der Waals surface area contributed by atoms with E-state index in [4.69, 9.17) is 10.00 Å². The van der Waals surface area contributed by atoms with Gasteiger partial charge in [0.1, 0.15) is 5.75 Å². The number of carbonyl (C=O) groups excluding carboxylic acids is 1. The molecule has 0 saturated heterocycles. The molecular weight excluding hydrogens is 252 g/mol. The molecule has 0 bridgehead atoms. The predicted octanol–water partition coefficient (Wildman–Crippen LogP) is 3.36. The largest absolute Gasteiger partial charge is 0.412 e. The molecule has 1 amide bonds. The van der Waals surface area contributed by atoms with Crippen molar-refractivity contribution >= 4 is 6.09 Å². The molecule has 0 unspecified atom stereocenters. The lowest BCUT2D eigenvalue weighted by atomic mass is 10.1. The molecule has 0 aromatic heterocycles. The van der Waals surface area contributed by atoms with E-state index in [0.29, 0.717) is 5.75 Å². The van der Waals surface area contributed by atoms with Gasteiger partial charge >= 0.3 is 6.09 Å². The molecule has 0 aliphatic carbocycles. The zero-order valence-electron chi connectivity index (χ0n) is 10.9. The van der Waals surface area contributed by atoms with Crippen molar-refractivity contribution in [3.63, 3.8) is 0 Å². The Bertz CT molecular complexity index is 601. The van der Waals surface area contributed by atoms with Crippen LogP contribution in [-0.2, 0) is 0 Å². The number of amides is 1. The van der Waals surface area contributed by atoms with Gasteiger partial charge in [0.05, 0.1) is 12.5 Å². The molecule has 4 heteroatoms. The van der Waals surface area contributed by atoms with E-state index in [1.54, 1.807) is 12.1 Å². The van der Waals surface area contributed by atoms with E-state index in [0.717, 1.165) is 11.1 Å². The number of benzene rings is 2. The van der Waals surface area contributed by atoms with Crippen molar-refractivity contribution in [1.82, 2.24) is 5.32 Å². The van der Waals surface area contributed by atoms with E-state index in [1.165, 1.54) is 0 Å². The Morgan fingerprint density at radius 2 is 1.70 bits per heavy atom. The van der Waals surface area contributed by atoms with Crippen molar-refractivity contribution < 1.29 is 9.53 Å². The summed E-state index contributed by atoms with van der Waals surface area (Å²) in [6.45, 7) is 0.289. The Labute approximate surface area is 117 Å². The minimum absolute atomic E-state index is 0.266. The number of carbonyl (C=O) groups is 1. The number of ether oxygens (including phenoxy) is 1. The quantitative estimate of drug-likeness (QED) is 0.863. The van der Waals surface area contributed by atoms with Gasteiger partial charge in [0, 0.05) is 6.54 Å². The molecule has 2 aromatic rings. The van der Waals surface area contributed by atoms with Crippen molar-refractivity contribution in [2.24, 2.45) is 0 Å². The zero-order valence-corrected chi connectivity index (χ0v) is 10.9. The molecule has 4 nitrogen and oxygen atoms in total. The number of rotatable bonds is 4. The van der Waals surface area contributed by atoms with Crippen LogP contribution in [0.1, 0.15) is 6.42 Å². The SMILES string of the molecule is N#CCCNC(=O)Oc1ccc(-c2ccccc2)cc1. The third-order valence-electron chi connectivity index (χ3n) is 2.68. The molecule has 0 radical (unpaired) electrons. The third kappa shape index (κ3) is 3.85. The highest BCUT2D eigenvalue weighted by atomic mass is 16.5. The van der Waals surface area contributed by atoms with Gasteiger partial charge in [-0.2, -0.15) is 5.26 Å². The van der Waals surface area contributed by atoms with Gasteiger partial charge in [-0.05, 0) is 23.3 Å². The van der Waals surface area contributed by atoms with Gasteiger partial charge in [-0.1, -0.05) is 42.5 Å². The molecule has 0 saturated carbocycles. The molecule has 100 valence electrons. The van der Waals surface area contributed by atoms with E-state index in [2.05, 4.69) is 5.32 Å². The molecule has 0 aliphatic rings.